The molecule has 2 N–H and O–H groups in total. The van der Waals surface area contributed by atoms with Crippen LogP contribution in [0.1, 0.15) is 31.4 Å². The number of piperidine rings is 1. The minimum atomic E-state index is -1.15. The van der Waals surface area contributed by atoms with Crippen LogP contribution >= 0.6 is 0 Å². The largest absolute Gasteiger partial charge is 0.495 e. The van der Waals surface area contributed by atoms with E-state index in [4.69, 9.17) is 9.84 Å². The van der Waals surface area contributed by atoms with E-state index in [0.29, 0.717) is 36.6 Å². The van der Waals surface area contributed by atoms with Gasteiger partial charge in [-0.3, -0.25) is 0 Å². The molecule has 32 heavy (non-hydrogen) atoms. The molecule has 3 aliphatic carbocycles. The summed E-state index contributed by atoms with van der Waals surface area (Å²) in [5.74, 6) is -0.486. The van der Waals surface area contributed by atoms with Gasteiger partial charge in [0.25, 0.3) is 0 Å². The Balaban J connectivity index is 1.42. The number of anilines is 1. The van der Waals surface area contributed by atoms with E-state index in [0.717, 1.165) is 36.9 Å². The topological polar surface area (TPSA) is 76.4 Å². The molecule has 7 nitrogen and oxygen atoms in total. The first-order valence-electron chi connectivity index (χ1n) is 10.9. The molecule has 10 heteroatoms. The van der Waals surface area contributed by atoms with Crippen LogP contribution in [0.15, 0.2) is 18.3 Å². The van der Waals surface area contributed by atoms with Crippen molar-refractivity contribution in [2.24, 2.45) is 5.92 Å². The number of imidazole rings is 1. The molecule has 4 heterocycles. The van der Waals surface area contributed by atoms with E-state index >= 15 is 0 Å². The van der Waals surface area contributed by atoms with Crippen LogP contribution < -0.4 is 15.4 Å². The first kappa shape index (κ1) is 19.8. The summed E-state index contributed by atoms with van der Waals surface area (Å²) in [5.41, 5.74) is 1.53. The fourth-order valence-corrected chi connectivity index (χ4v) is 5.24. The van der Waals surface area contributed by atoms with Gasteiger partial charge in [-0.25, -0.2) is 27.7 Å². The molecule has 4 fully saturated rings. The lowest BCUT2D eigenvalue weighted by Gasteiger charge is -2.61. The van der Waals surface area contributed by atoms with Crippen LogP contribution in [-0.4, -0.2) is 52.0 Å². The van der Waals surface area contributed by atoms with Crippen LogP contribution in [0.2, 0.25) is 0 Å². The highest BCUT2D eigenvalue weighted by Crippen LogP contribution is 2.66. The SMILES string of the molecule is COc1cc2ncc(-c3nc(NC4CNCCC4F)c(F)cc3F)n2nc1C12CC(C1)C2. The number of nitrogens with zero attached hydrogens (tertiary/aromatic N) is 4. The maximum Gasteiger partial charge on any atom is 0.168 e. The lowest BCUT2D eigenvalue weighted by atomic mass is 9.43. The Bertz CT molecular complexity index is 1200. The number of nitrogens with one attached hydrogen (secondary N) is 2. The number of methoxy groups -OCH3 is 1. The molecule has 168 valence electrons. The molecule has 3 saturated carbocycles. The highest BCUT2D eigenvalue weighted by Gasteiger charge is 2.59. The van der Waals surface area contributed by atoms with Crippen molar-refractivity contribution in [2.45, 2.75) is 43.3 Å². The van der Waals surface area contributed by atoms with Gasteiger partial charge < -0.3 is 15.4 Å². The third-order valence-electron chi connectivity index (χ3n) is 7.11. The van der Waals surface area contributed by atoms with Crippen molar-refractivity contribution in [2.75, 3.05) is 25.5 Å². The first-order chi connectivity index (χ1) is 15.5. The summed E-state index contributed by atoms with van der Waals surface area (Å²) >= 11 is 0. The Labute approximate surface area is 182 Å². The van der Waals surface area contributed by atoms with Gasteiger partial charge in [0.1, 0.15) is 29.0 Å². The second-order valence-corrected chi connectivity index (χ2v) is 9.14. The number of alkyl halides is 1. The summed E-state index contributed by atoms with van der Waals surface area (Å²) < 4.78 is 50.6. The molecule has 1 saturated heterocycles. The highest BCUT2D eigenvalue weighted by molar-refractivity contribution is 5.63. The minimum Gasteiger partial charge on any atom is -0.495 e. The van der Waals surface area contributed by atoms with Gasteiger partial charge in [0.15, 0.2) is 23.1 Å². The Hall–Kier alpha value is -2.88. The van der Waals surface area contributed by atoms with Crippen molar-refractivity contribution in [1.29, 1.82) is 0 Å². The molecule has 7 rings (SSSR count). The van der Waals surface area contributed by atoms with E-state index in [1.807, 2.05) is 0 Å². The molecule has 2 bridgehead atoms. The Kier molecular flexibility index (Phi) is 4.36. The molecule has 3 aromatic rings. The predicted molar refractivity (Wildman–Crippen MR) is 111 cm³/mol. The number of hydrogen-bond donors (Lipinski definition) is 2. The van der Waals surface area contributed by atoms with E-state index in [9.17, 15) is 13.2 Å². The van der Waals surface area contributed by atoms with E-state index in [1.165, 1.54) is 10.7 Å². The average Bonchev–Trinajstić information content (AvgIpc) is 3.11. The molecule has 2 atom stereocenters. The van der Waals surface area contributed by atoms with Crippen LogP contribution in [0.4, 0.5) is 19.0 Å². The van der Waals surface area contributed by atoms with Crippen LogP contribution in [0, 0.1) is 17.6 Å². The van der Waals surface area contributed by atoms with E-state index in [-0.39, 0.29) is 16.9 Å². The zero-order valence-corrected chi connectivity index (χ0v) is 17.5. The predicted octanol–water partition coefficient (Wildman–Crippen LogP) is 3.24. The maximum atomic E-state index is 14.8. The van der Waals surface area contributed by atoms with Crippen molar-refractivity contribution in [3.8, 4) is 17.1 Å². The van der Waals surface area contributed by atoms with Crippen LogP contribution in [0.25, 0.3) is 17.0 Å². The van der Waals surface area contributed by atoms with Crippen molar-refractivity contribution in [3.05, 3.63) is 35.7 Å². The summed E-state index contributed by atoms with van der Waals surface area (Å²) in [4.78, 5) is 8.52. The van der Waals surface area contributed by atoms with Gasteiger partial charge in [-0.15, -0.1) is 0 Å². The third-order valence-corrected chi connectivity index (χ3v) is 7.11. The van der Waals surface area contributed by atoms with Crippen molar-refractivity contribution < 1.29 is 17.9 Å². The van der Waals surface area contributed by atoms with Gasteiger partial charge in [0, 0.05) is 24.1 Å². The number of ether oxygens (including phenoxy) is 1. The van der Waals surface area contributed by atoms with E-state index in [2.05, 4.69) is 20.6 Å². The Morgan fingerprint density at radius 3 is 2.72 bits per heavy atom. The summed E-state index contributed by atoms with van der Waals surface area (Å²) in [5, 5.41) is 10.6. The number of halogens is 3. The van der Waals surface area contributed by atoms with Crippen LogP contribution in [0.5, 0.6) is 5.75 Å². The summed E-state index contributed by atoms with van der Waals surface area (Å²) in [6, 6.07) is 1.90. The maximum absolute atomic E-state index is 14.8. The second kappa shape index (κ2) is 7.06. The zero-order chi connectivity index (χ0) is 22.0. The zero-order valence-electron chi connectivity index (χ0n) is 17.5. The first-order valence-corrected chi connectivity index (χ1v) is 10.9. The van der Waals surface area contributed by atoms with Gasteiger partial charge in [-0.1, -0.05) is 0 Å². The fraction of sp³-hybridized carbons (Fsp3) is 0.500. The van der Waals surface area contributed by atoms with E-state index < -0.39 is 23.8 Å². The normalized spacial score (nSPS) is 28.8. The standard InChI is InChI=1S/C22H23F3N6O/c1-32-17-5-18-27-10-16(31(18)30-20(17)22-6-11(7-22)8-22)19-13(24)4-14(25)21(29-19)28-15-9-26-3-2-12(15)23/h4-5,10-12,15,26H,2-3,6-9H2,1H3,(H,28,29). The number of fused-ring (bicyclic) bond motifs is 1. The fourth-order valence-electron chi connectivity index (χ4n) is 5.24. The molecule has 4 aliphatic rings. The summed E-state index contributed by atoms with van der Waals surface area (Å²) in [6.45, 7) is 0.893. The van der Waals surface area contributed by atoms with E-state index in [1.54, 1.807) is 13.2 Å². The van der Waals surface area contributed by atoms with Gasteiger partial charge in [0.05, 0.1) is 19.3 Å². The highest BCUT2D eigenvalue weighted by atomic mass is 19.1. The van der Waals surface area contributed by atoms with Gasteiger partial charge >= 0.3 is 0 Å². The lowest BCUT2D eigenvalue weighted by molar-refractivity contribution is -0.0333. The summed E-state index contributed by atoms with van der Waals surface area (Å²) in [6.07, 6.45) is 3.85. The van der Waals surface area contributed by atoms with Crippen LogP contribution in [-0.2, 0) is 5.41 Å². The molecule has 0 radical (unpaired) electrons. The van der Waals surface area contributed by atoms with Crippen LogP contribution in [0.3, 0.4) is 0 Å². The molecule has 0 amide bonds. The Morgan fingerprint density at radius 1 is 1.22 bits per heavy atom. The monoisotopic (exact) mass is 444 g/mol. The second-order valence-electron chi connectivity index (χ2n) is 9.14. The minimum absolute atomic E-state index is 0.0113. The Morgan fingerprint density at radius 2 is 2.03 bits per heavy atom. The molecule has 0 spiro atoms. The van der Waals surface area contributed by atoms with Gasteiger partial charge in [0.2, 0.25) is 0 Å². The number of pyridine rings is 1. The summed E-state index contributed by atoms with van der Waals surface area (Å²) in [7, 11) is 1.60. The quantitative estimate of drug-likeness (QED) is 0.629. The molecule has 1 aliphatic heterocycles. The number of aromatic nitrogens is 4. The van der Waals surface area contributed by atoms with Crippen molar-refractivity contribution in [1.82, 2.24) is 24.9 Å². The third kappa shape index (κ3) is 2.88. The van der Waals surface area contributed by atoms with Gasteiger partial charge in [-0.2, -0.15) is 5.10 Å². The molecule has 3 aromatic heterocycles. The molecule has 0 aromatic carbocycles. The van der Waals surface area contributed by atoms with Crippen molar-refractivity contribution >= 4 is 11.5 Å². The van der Waals surface area contributed by atoms with Crippen molar-refractivity contribution in [3.63, 3.8) is 0 Å². The number of hydrogen-bond acceptors (Lipinski definition) is 6. The smallest absolute Gasteiger partial charge is 0.168 e. The molecule has 2 unspecified atom stereocenters. The van der Waals surface area contributed by atoms with Gasteiger partial charge in [-0.05, 0) is 38.1 Å². The molecular weight excluding hydrogens is 421 g/mol. The number of rotatable bonds is 5. The average molecular weight is 444 g/mol. The lowest BCUT2D eigenvalue weighted by Crippen LogP contribution is -2.56. The molecular formula is C22H23F3N6O.